The van der Waals surface area contributed by atoms with Gasteiger partial charge < -0.3 is 20.5 Å². The molecule has 0 aromatic rings. The van der Waals surface area contributed by atoms with Crippen molar-refractivity contribution in [3.8, 4) is 0 Å². The summed E-state index contributed by atoms with van der Waals surface area (Å²) in [6, 6.07) is 0. The first-order valence-electron chi connectivity index (χ1n) is 7.39. The molecule has 0 aromatic carbocycles. The fraction of sp³-hybridized carbons (Fsp3) is 0.857. The lowest BCUT2D eigenvalue weighted by molar-refractivity contribution is -0.140. The van der Waals surface area contributed by atoms with Crippen molar-refractivity contribution in [1.82, 2.24) is 5.32 Å². The van der Waals surface area contributed by atoms with Crippen molar-refractivity contribution in [2.75, 3.05) is 33.4 Å². The molecule has 0 bridgehead atoms. The number of nitrogens with two attached hydrogens (primary N) is 1. The van der Waals surface area contributed by atoms with E-state index in [1.807, 2.05) is 6.92 Å². The summed E-state index contributed by atoms with van der Waals surface area (Å²) in [5.74, 6) is 0.364. The molecule has 0 rings (SSSR count). The Kier molecular flexibility index (Phi) is 18.9. The van der Waals surface area contributed by atoms with E-state index in [0.29, 0.717) is 18.9 Å². The number of unbranched alkanes of at least 4 members (excludes halogenated alkanes) is 3. The molecule has 0 spiro atoms. The maximum absolute atomic E-state index is 10.9. The van der Waals surface area contributed by atoms with Crippen LogP contribution in [0.4, 0.5) is 0 Å². The molecule has 6 nitrogen and oxygen atoms in total. The fourth-order valence-electron chi connectivity index (χ4n) is 1.63. The molecule has 0 aliphatic heterocycles. The van der Waals surface area contributed by atoms with Gasteiger partial charge in [0.1, 0.15) is 0 Å². The van der Waals surface area contributed by atoms with Crippen LogP contribution in [-0.2, 0) is 14.3 Å². The smallest absolute Gasteiger partial charge is 0.305 e. The Hall–Kier alpha value is -0.570. The second-order valence-corrected chi connectivity index (χ2v) is 4.48. The highest BCUT2D eigenvalue weighted by Crippen LogP contribution is 2.03. The number of guanidine groups is 1. The van der Waals surface area contributed by atoms with Gasteiger partial charge in [-0.1, -0.05) is 12.8 Å². The average Bonchev–Trinajstić information content (AvgIpc) is 2.45. The first kappa shape index (κ1) is 22.7. The largest absolute Gasteiger partial charge is 0.469 e. The fourth-order valence-corrected chi connectivity index (χ4v) is 1.63. The van der Waals surface area contributed by atoms with Crippen molar-refractivity contribution < 1.29 is 14.3 Å². The summed E-state index contributed by atoms with van der Waals surface area (Å²) >= 11 is 0. The summed E-state index contributed by atoms with van der Waals surface area (Å²) in [6.07, 6.45) is 5.41. The zero-order valence-corrected chi connectivity index (χ0v) is 15.6. The van der Waals surface area contributed by atoms with Crippen LogP contribution in [0.5, 0.6) is 0 Å². The van der Waals surface area contributed by atoms with E-state index < -0.39 is 0 Å². The van der Waals surface area contributed by atoms with Crippen molar-refractivity contribution in [2.45, 2.75) is 45.4 Å². The highest BCUT2D eigenvalue weighted by molar-refractivity contribution is 14.0. The zero-order valence-electron chi connectivity index (χ0n) is 13.2. The van der Waals surface area contributed by atoms with Crippen LogP contribution < -0.4 is 11.1 Å². The molecule has 0 saturated heterocycles. The molecule has 7 heteroatoms. The highest BCUT2D eigenvalue weighted by Gasteiger charge is 1.99. The van der Waals surface area contributed by atoms with Gasteiger partial charge in [-0.25, -0.2) is 0 Å². The molecule has 21 heavy (non-hydrogen) atoms. The topological polar surface area (TPSA) is 85.9 Å². The normalized spacial score (nSPS) is 10.9. The molecule has 0 radical (unpaired) electrons. The predicted octanol–water partition coefficient (Wildman–Crippen LogP) is 2.06. The molecule has 0 amide bonds. The van der Waals surface area contributed by atoms with Gasteiger partial charge in [0.25, 0.3) is 0 Å². The Bertz CT molecular complexity index is 276. The Morgan fingerprint density at radius 3 is 2.57 bits per heavy atom. The summed E-state index contributed by atoms with van der Waals surface area (Å²) in [4.78, 5) is 15.1. The molecule has 0 atom stereocenters. The zero-order chi connectivity index (χ0) is 15.1. The molecule has 0 aromatic heterocycles. The second kappa shape index (κ2) is 17.5. The maximum Gasteiger partial charge on any atom is 0.305 e. The van der Waals surface area contributed by atoms with E-state index in [-0.39, 0.29) is 29.9 Å². The third-order valence-electron chi connectivity index (χ3n) is 2.77. The number of halogens is 1. The van der Waals surface area contributed by atoms with Gasteiger partial charge >= 0.3 is 5.97 Å². The molecular weight excluding hydrogens is 385 g/mol. The van der Waals surface area contributed by atoms with Crippen molar-refractivity contribution in [3.05, 3.63) is 0 Å². The van der Waals surface area contributed by atoms with E-state index in [1.54, 1.807) is 0 Å². The molecule has 0 saturated carbocycles. The van der Waals surface area contributed by atoms with Crippen molar-refractivity contribution in [1.29, 1.82) is 0 Å². The lowest BCUT2D eigenvalue weighted by Gasteiger charge is -2.05. The van der Waals surface area contributed by atoms with Gasteiger partial charge in [-0.05, 0) is 26.2 Å². The Morgan fingerprint density at radius 2 is 1.90 bits per heavy atom. The number of methoxy groups -OCH3 is 1. The first-order chi connectivity index (χ1) is 9.70. The standard InChI is InChI=1S/C14H29N3O3.HI/c1-3-20-12-8-11-17-14(15)16-10-7-5-4-6-9-13(18)19-2;/h3-12H2,1-2H3,(H3,15,16,17);1H. The van der Waals surface area contributed by atoms with Gasteiger partial charge in [-0.15, -0.1) is 24.0 Å². The monoisotopic (exact) mass is 415 g/mol. The number of hydrogen-bond donors (Lipinski definition) is 2. The van der Waals surface area contributed by atoms with E-state index in [4.69, 9.17) is 10.5 Å². The number of aliphatic imine (C=N–C) groups is 1. The summed E-state index contributed by atoms with van der Waals surface area (Å²) in [5.41, 5.74) is 5.72. The molecule has 126 valence electrons. The van der Waals surface area contributed by atoms with Crippen LogP contribution >= 0.6 is 24.0 Å². The van der Waals surface area contributed by atoms with Gasteiger partial charge in [-0.2, -0.15) is 0 Å². The summed E-state index contributed by atoms with van der Waals surface area (Å²) in [7, 11) is 1.42. The molecule has 0 unspecified atom stereocenters. The van der Waals surface area contributed by atoms with E-state index in [1.165, 1.54) is 7.11 Å². The third-order valence-corrected chi connectivity index (χ3v) is 2.77. The molecule has 3 N–H and O–H groups in total. The molecule has 0 aliphatic carbocycles. The third kappa shape index (κ3) is 17.4. The van der Waals surface area contributed by atoms with Crippen LogP contribution in [0.25, 0.3) is 0 Å². The Labute approximate surface area is 145 Å². The van der Waals surface area contributed by atoms with Crippen LogP contribution in [0.15, 0.2) is 4.99 Å². The highest BCUT2D eigenvalue weighted by atomic mass is 127. The number of nitrogens with zero attached hydrogens (tertiary/aromatic N) is 1. The number of esters is 1. The quantitative estimate of drug-likeness (QED) is 0.168. The van der Waals surface area contributed by atoms with Crippen molar-refractivity contribution >= 4 is 35.9 Å². The van der Waals surface area contributed by atoms with Gasteiger partial charge in [-0.3, -0.25) is 9.79 Å². The van der Waals surface area contributed by atoms with Gasteiger partial charge in [0.15, 0.2) is 5.96 Å². The first-order valence-corrected chi connectivity index (χ1v) is 7.39. The minimum absolute atomic E-state index is 0. The average molecular weight is 415 g/mol. The van der Waals surface area contributed by atoms with Crippen molar-refractivity contribution in [2.24, 2.45) is 10.7 Å². The van der Waals surface area contributed by atoms with Crippen LogP contribution in [0.2, 0.25) is 0 Å². The molecule has 0 fully saturated rings. The number of rotatable bonds is 12. The Morgan fingerprint density at radius 1 is 1.19 bits per heavy atom. The number of carbonyl (C=O) groups is 1. The molecule has 0 aliphatic rings. The lowest BCUT2D eigenvalue weighted by Crippen LogP contribution is -2.32. The predicted molar refractivity (Wildman–Crippen MR) is 96.1 cm³/mol. The SMILES string of the molecule is CCOCCCN=C(N)NCCCCCCC(=O)OC.I. The van der Waals surface area contributed by atoms with E-state index in [9.17, 15) is 4.79 Å². The Balaban J connectivity index is 0. The number of hydrogen-bond acceptors (Lipinski definition) is 4. The lowest BCUT2D eigenvalue weighted by atomic mass is 10.1. The molecule has 0 heterocycles. The number of carbonyl (C=O) groups excluding carboxylic acids is 1. The minimum Gasteiger partial charge on any atom is -0.469 e. The van der Waals surface area contributed by atoms with Gasteiger partial charge in [0.2, 0.25) is 0 Å². The van der Waals surface area contributed by atoms with Crippen LogP contribution in [-0.4, -0.2) is 45.3 Å². The number of ether oxygens (including phenoxy) is 2. The second-order valence-electron chi connectivity index (χ2n) is 4.48. The maximum atomic E-state index is 10.9. The van der Waals surface area contributed by atoms with Gasteiger partial charge in [0, 0.05) is 32.7 Å². The van der Waals surface area contributed by atoms with E-state index in [0.717, 1.165) is 51.9 Å². The van der Waals surface area contributed by atoms with E-state index in [2.05, 4.69) is 15.0 Å². The van der Waals surface area contributed by atoms with Gasteiger partial charge in [0.05, 0.1) is 7.11 Å². The summed E-state index contributed by atoms with van der Waals surface area (Å²) in [6.45, 7) is 4.96. The number of nitrogens with one attached hydrogen (secondary N) is 1. The van der Waals surface area contributed by atoms with E-state index >= 15 is 0 Å². The van der Waals surface area contributed by atoms with Crippen LogP contribution in [0.1, 0.15) is 45.4 Å². The summed E-state index contributed by atoms with van der Waals surface area (Å²) in [5, 5.41) is 3.08. The van der Waals surface area contributed by atoms with Crippen LogP contribution in [0.3, 0.4) is 0 Å². The van der Waals surface area contributed by atoms with Crippen LogP contribution in [0, 0.1) is 0 Å². The molecular formula is C14H30IN3O3. The summed E-state index contributed by atoms with van der Waals surface area (Å²) < 4.78 is 9.79. The minimum atomic E-state index is -0.133. The van der Waals surface area contributed by atoms with Crippen molar-refractivity contribution in [3.63, 3.8) is 0 Å².